The van der Waals surface area contributed by atoms with Crippen molar-refractivity contribution in [1.82, 2.24) is 20.7 Å². The van der Waals surface area contributed by atoms with Crippen LogP contribution in [0.5, 0.6) is 0 Å². The Morgan fingerprint density at radius 1 is 1.47 bits per heavy atom. The summed E-state index contributed by atoms with van der Waals surface area (Å²) in [5.74, 6) is 0.423. The summed E-state index contributed by atoms with van der Waals surface area (Å²) in [5.41, 5.74) is 4.56. The van der Waals surface area contributed by atoms with E-state index in [1.54, 1.807) is 0 Å². The van der Waals surface area contributed by atoms with Gasteiger partial charge in [0.05, 0.1) is 6.67 Å². The maximum atomic E-state index is 3.87. The smallest absolute Gasteiger partial charge is 0.0807 e. The summed E-state index contributed by atoms with van der Waals surface area (Å²) in [6.07, 6.45) is 8.62. The van der Waals surface area contributed by atoms with Crippen LogP contribution >= 0.6 is 0 Å². The number of nitrogens with zero attached hydrogens (tertiary/aromatic N) is 2. The lowest BCUT2D eigenvalue weighted by Gasteiger charge is -2.32. The van der Waals surface area contributed by atoms with E-state index < -0.39 is 0 Å². The third-order valence-corrected chi connectivity index (χ3v) is 3.19. The number of likely N-dealkylation sites (N-methyl/N-ethyl adjacent to an activating group) is 2. The molecule has 4 heteroatoms. The molecule has 0 bridgehead atoms. The molecule has 0 aromatic rings. The lowest BCUT2D eigenvalue weighted by Crippen LogP contribution is -2.50. The van der Waals surface area contributed by atoms with E-state index in [4.69, 9.17) is 0 Å². The SMILES string of the molecule is C=C/C(=C\[C@@H](C)/C=C/N1CCN(C)NC1)CNCC. The van der Waals surface area contributed by atoms with Gasteiger partial charge in [0.2, 0.25) is 0 Å². The highest BCUT2D eigenvalue weighted by Gasteiger charge is 2.08. The first kappa shape index (κ1) is 16.0. The van der Waals surface area contributed by atoms with Crippen LogP contribution in [-0.4, -0.2) is 49.8 Å². The van der Waals surface area contributed by atoms with Crippen molar-refractivity contribution in [3.8, 4) is 0 Å². The van der Waals surface area contributed by atoms with Gasteiger partial charge in [-0.25, -0.2) is 10.4 Å². The van der Waals surface area contributed by atoms with Gasteiger partial charge in [0.25, 0.3) is 0 Å². The molecular weight excluding hydrogens is 236 g/mol. The summed E-state index contributed by atoms with van der Waals surface area (Å²) >= 11 is 0. The Balaban J connectivity index is 2.41. The molecule has 1 rings (SSSR count). The average Bonchev–Trinajstić information content (AvgIpc) is 2.42. The average molecular weight is 264 g/mol. The molecule has 2 N–H and O–H groups in total. The molecule has 1 saturated heterocycles. The Morgan fingerprint density at radius 2 is 2.26 bits per heavy atom. The van der Waals surface area contributed by atoms with Crippen LogP contribution in [0.4, 0.5) is 0 Å². The zero-order valence-corrected chi connectivity index (χ0v) is 12.5. The zero-order valence-electron chi connectivity index (χ0n) is 12.5. The number of hydrazine groups is 1. The monoisotopic (exact) mass is 264 g/mol. The molecule has 1 aliphatic rings. The molecule has 1 fully saturated rings. The summed E-state index contributed by atoms with van der Waals surface area (Å²) in [4.78, 5) is 2.29. The number of nitrogens with one attached hydrogen (secondary N) is 2. The van der Waals surface area contributed by atoms with Crippen molar-refractivity contribution in [1.29, 1.82) is 0 Å². The van der Waals surface area contributed by atoms with Crippen LogP contribution in [-0.2, 0) is 0 Å². The van der Waals surface area contributed by atoms with Crippen LogP contribution in [0.2, 0.25) is 0 Å². The lowest BCUT2D eigenvalue weighted by molar-refractivity contribution is 0.116. The second-order valence-corrected chi connectivity index (χ2v) is 4.98. The quantitative estimate of drug-likeness (QED) is 0.683. The van der Waals surface area contributed by atoms with E-state index in [9.17, 15) is 0 Å². The van der Waals surface area contributed by atoms with Crippen molar-refractivity contribution in [2.75, 3.05) is 39.9 Å². The van der Waals surface area contributed by atoms with Gasteiger partial charge >= 0.3 is 0 Å². The van der Waals surface area contributed by atoms with Crippen molar-refractivity contribution in [2.45, 2.75) is 13.8 Å². The highest BCUT2D eigenvalue weighted by molar-refractivity contribution is 5.20. The molecule has 0 amide bonds. The molecule has 1 atom stereocenters. The van der Waals surface area contributed by atoms with Crippen LogP contribution in [0.3, 0.4) is 0 Å². The minimum Gasteiger partial charge on any atom is -0.363 e. The molecule has 108 valence electrons. The summed E-state index contributed by atoms with van der Waals surface area (Å²) in [5, 5.41) is 5.45. The molecule has 0 spiro atoms. The van der Waals surface area contributed by atoms with E-state index in [1.165, 1.54) is 5.57 Å². The number of rotatable bonds is 7. The van der Waals surface area contributed by atoms with Gasteiger partial charge in [-0.2, -0.15) is 0 Å². The Kier molecular flexibility index (Phi) is 7.48. The first-order valence-corrected chi connectivity index (χ1v) is 7.06. The fourth-order valence-corrected chi connectivity index (χ4v) is 1.89. The van der Waals surface area contributed by atoms with Crippen molar-refractivity contribution in [2.24, 2.45) is 5.92 Å². The second-order valence-electron chi connectivity index (χ2n) is 4.98. The first-order chi connectivity index (χ1) is 9.15. The molecule has 0 aromatic carbocycles. The second kappa shape index (κ2) is 8.91. The van der Waals surface area contributed by atoms with E-state index >= 15 is 0 Å². The molecule has 19 heavy (non-hydrogen) atoms. The normalized spacial score (nSPS) is 19.9. The van der Waals surface area contributed by atoms with Gasteiger partial charge < -0.3 is 10.2 Å². The van der Waals surface area contributed by atoms with Crippen LogP contribution in [0.1, 0.15) is 13.8 Å². The molecule has 0 radical (unpaired) electrons. The third kappa shape index (κ3) is 6.57. The zero-order chi connectivity index (χ0) is 14.1. The molecule has 0 aromatic heterocycles. The standard InChI is InChI=1S/C15H28N4/c1-5-15(12-16-6-2)11-14(3)7-8-19-10-9-18(4)17-13-19/h5,7-8,11,14,16-17H,1,6,9-10,12-13H2,2-4H3/b8-7+,15-11+/t14-/m0/s1. The summed E-state index contributed by atoms with van der Waals surface area (Å²) in [6.45, 7) is 13.1. The minimum atomic E-state index is 0.423. The minimum absolute atomic E-state index is 0.423. The Labute approximate surface area is 117 Å². The van der Waals surface area contributed by atoms with E-state index in [0.717, 1.165) is 32.8 Å². The fourth-order valence-electron chi connectivity index (χ4n) is 1.89. The van der Waals surface area contributed by atoms with Crippen molar-refractivity contribution in [3.63, 3.8) is 0 Å². The molecular formula is C15H28N4. The Hall–Kier alpha value is -1.10. The van der Waals surface area contributed by atoms with Crippen LogP contribution < -0.4 is 10.7 Å². The summed E-state index contributed by atoms with van der Waals surface area (Å²) in [6, 6.07) is 0. The van der Waals surface area contributed by atoms with Crippen LogP contribution in [0.25, 0.3) is 0 Å². The molecule has 1 aliphatic heterocycles. The van der Waals surface area contributed by atoms with Gasteiger partial charge in [-0.15, -0.1) is 0 Å². The van der Waals surface area contributed by atoms with Crippen LogP contribution in [0.15, 0.2) is 36.6 Å². The first-order valence-electron chi connectivity index (χ1n) is 7.06. The van der Waals surface area contributed by atoms with Gasteiger partial charge in [0.15, 0.2) is 0 Å². The van der Waals surface area contributed by atoms with E-state index in [-0.39, 0.29) is 0 Å². The Morgan fingerprint density at radius 3 is 2.84 bits per heavy atom. The van der Waals surface area contributed by atoms with Crippen molar-refractivity contribution < 1.29 is 0 Å². The maximum absolute atomic E-state index is 3.87. The molecule has 0 aliphatic carbocycles. The number of hydrogen-bond acceptors (Lipinski definition) is 4. The largest absolute Gasteiger partial charge is 0.363 e. The van der Waals surface area contributed by atoms with Gasteiger partial charge in [-0.05, 0) is 24.2 Å². The summed E-state index contributed by atoms with van der Waals surface area (Å²) < 4.78 is 0. The van der Waals surface area contributed by atoms with Gasteiger partial charge in [-0.1, -0.05) is 38.7 Å². The van der Waals surface area contributed by atoms with E-state index in [0.29, 0.717) is 5.92 Å². The van der Waals surface area contributed by atoms with Gasteiger partial charge in [-0.3, -0.25) is 0 Å². The van der Waals surface area contributed by atoms with Gasteiger partial charge in [0.1, 0.15) is 0 Å². The van der Waals surface area contributed by atoms with Crippen molar-refractivity contribution in [3.05, 3.63) is 36.6 Å². The molecule has 0 unspecified atom stereocenters. The summed E-state index contributed by atoms with van der Waals surface area (Å²) in [7, 11) is 2.07. The predicted octanol–water partition coefficient (Wildman–Crippen LogP) is 1.57. The van der Waals surface area contributed by atoms with E-state index in [2.05, 4.69) is 66.5 Å². The van der Waals surface area contributed by atoms with Crippen LogP contribution in [0, 0.1) is 5.92 Å². The topological polar surface area (TPSA) is 30.5 Å². The number of allylic oxidation sites excluding steroid dienone is 2. The highest BCUT2D eigenvalue weighted by atomic mass is 15.6. The number of hydrogen-bond donors (Lipinski definition) is 2. The Bertz CT molecular complexity index is 314. The highest BCUT2D eigenvalue weighted by Crippen LogP contribution is 2.07. The lowest BCUT2D eigenvalue weighted by atomic mass is 10.1. The van der Waals surface area contributed by atoms with Gasteiger partial charge in [0, 0.05) is 26.7 Å². The molecule has 4 nitrogen and oxygen atoms in total. The molecule has 1 heterocycles. The van der Waals surface area contributed by atoms with Crippen molar-refractivity contribution >= 4 is 0 Å². The third-order valence-electron chi connectivity index (χ3n) is 3.19. The maximum Gasteiger partial charge on any atom is 0.0807 e. The predicted molar refractivity (Wildman–Crippen MR) is 82.5 cm³/mol. The van der Waals surface area contributed by atoms with E-state index in [1.807, 2.05) is 6.08 Å². The fraction of sp³-hybridized carbons (Fsp3) is 0.600. The molecule has 0 saturated carbocycles.